The third kappa shape index (κ3) is 3.19. The molecule has 29 heavy (non-hydrogen) atoms. The second-order valence-electron chi connectivity index (χ2n) is 6.91. The average molecular weight is 375 g/mol. The predicted molar refractivity (Wildman–Crippen MR) is 114 cm³/mol. The maximum atomic E-state index is 9.14. The van der Waals surface area contributed by atoms with Crippen molar-refractivity contribution in [2.45, 2.75) is 6.54 Å². The van der Waals surface area contributed by atoms with Crippen molar-refractivity contribution in [3.63, 3.8) is 0 Å². The van der Waals surface area contributed by atoms with Crippen LogP contribution in [0.25, 0.3) is 23.4 Å². The average Bonchev–Trinajstić information content (AvgIpc) is 3.19. The van der Waals surface area contributed by atoms with Crippen LogP contribution in [0.15, 0.2) is 83.4 Å². The molecule has 0 amide bonds. The SMILES string of the molecule is N#Cc1cccc(-c2cc(CN3c4ccccc4C=Cc4ccccc43)on2)c1. The molecule has 1 aliphatic heterocycles. The van der Waals surface area contributed by atoms with Crippen molar-refractivity contribution < 1.29 is 4.52 Å². The molecule has 0 N–H and O–H groups in total. The van der Waals surface area contributed by atoms with Crippen LogP contribution in [0.2, 0.25) is 0 Å². The topological polar surface area (TPSA) is 53.1 Å². The van der Waals surface area contributed by atoms with Gasteiger partial charge in [0.2, 0.25) is 0 Å². The number of nitriles is 1. The highest BCUT2D eigenvalue weighted by Gasteiger charge is 2.20. The molecule has 3 aromatic carbocycles. The van der Waals surface area contributed by atoms with Crippen LogP contribution in [-0.4, -0.2) is 5.16 Å². The number of benzene rings is 3. The molecule has 2 heterocycles. The third-order valence-electron chi connectivity index (χ3n) is 5.06. The Morgan fingerprint density at radius 2 is 1.52 bits per heavy atom. The molecule has 0 spiro atoms. The Balaban J connectivity index is 1.53. The molecule has 138 valence electrons. The zero-order valence-corrected chi connectivity index (χ0v) is 15.6. The second kappa shape index (κ2) is 7.14. The number of hydrogen-bond acceptors (Lipinski definition) is 4. The van der Waals surface area contributed by atoms with Gasteiger partial charge in [0.05, 0.1) is 18.2 Å². The summed E-state index contributed by atoms with van der Waals surface area (Å²) < 4.78 is 5.67. The zero-order valence-electron chi connectivity index (χ0n) is 15.6. The molecule has 0 atom stereocenters. The van der Waals surface area contributed by atoms with E-state index < -0.39 is 0 Å². The van der Waals surface area contributed by atoms with E-state index in [1.807, 2.05) is 48.5 Å². The van der Waals surface area contributed by atoms with Crippen LogP contribution in [0.3, 0.4) is 0 Å². The molecule has 5 rings (SSSR count). The highest BCUT2D eigenvalue weighted by atomic mass is 16.5. The van der Waals surface area contributed by atoms with E-state index in [-0.39, 0.29) is 0 Å². The quantitative estimate of drug-likeness (QED) is 0.438. The molecule has 1 aliphatic rings. The van der Waals surface area contributed by atoms with Gasteiger partial charge >= 0.3 is 0 Å². The summed E-state index contributed by atoms with van der Waals surface area (Å²) in [6.45, 7) is 0.556. The van der Waals surface area contributed by atoms with Gasteiger partial charge in [0.1, 0.15) is 5.69 Å². The first-order valence-electron chi connectivity index (χ1n) is 9.42. The van der Waals surface area contributed by atoms with E-state index in [1.165, 1.54) is 0 Å². The molecule has 0 radical (unpaired) electrons. The lowest BCUT2D eigenvalue weighted by molar-refractivity contribution is 0.386. The van der Waals surface area contributed by atoms with Gasteiger partial charge in [0.15, 0.2) is 5.76 Å². The molecule has 4 heteroatoms. The molecule has 0 fully saturated rings. The fourth-order valence-electron chi connectivity index (χ4n) is 3.66. The summed E-state index contributed by atoms with van der Waals surface area (Å²) in [5.41, 5.74) is 6.77. The van der Waals surface area contributed by atoms with Crippen LogP contribution in [0.4, 0.5) is 11.4 Å². The van der Waals surface area contributed by atoms with Gasteiger partial charge in [-0.15, -0.1) is 0 Å². The van der Waals surface area contributed by atoms with Gasteiger partial charge in [-0.2, -0.15) is 5.26 Å². The standard InChI is InChI=1S/C25H17N3O/c26-16-18-6-5-9-21(14-18)23-15-22(29-27-23)17-28-24-10-3-1-7-19(24)12-13-20-8-2-4-11-25(20)28/h1-15H,17H2. The molecule has 4 nitrogen and oxygen atoms in total. The molecular formula is C25H17N3O. The Labute approximate surface area is 168 Å². The summed E-state index contributed by atoms with van der Waals surface area (Å²) in [5.74, 6) is 0.758. The molecule has 0 saturated carbocycles. The number of nitrogens with zero attached hydrogens (tertiary/aromatic N) is 3. The number of aromatic nitrogens is 1. The van der Waals surface area contributed by atoms with Crippen molar-refractivity contribution in [3.05, 3.63) is 101 Å². The van der Waals surface area contributed by atoms with Crippen molar-refractivity contribution in [2.75, 3.05) is 4.90 Å². The van der Waals surface area contributed by atoms with Gasteiger partial charge in [-0.1, -0.05) is 65.8 Å². The summed E-state index contributed by atoms with van der Waals surface area (Å²) >= 11 is 0. The van der Waals surface area contributed by atoms with Crippen LogP contribution >= 0.6 is 0 Å². The highest BCUT2D eigenvalue weighted by molar-refractivity contribution is 5.88. The lowest BCUT2D eigenvalue weighted by atomic mass is 10.1. The summed E-state index contributed by atoms with van der Waals surface area (Å²) in [5, 5.41) is 13.4. The van der Waals surface area contributed by atoms with Crippen LogP contribution in [0.5, 0.6) is 0 Å². The van der Waals surface area contributed by atoms with E-state index >= 15 is 0 Å². The normalized spacial score (nSPS) is 12.0. The van der Waals surface area contributed by atoms with Crippen molar-refractivity contribution in [1.82, 2.24) is 5.16 Å². The number of hydrogen-bond donors (Lipinski definition) is 0. The molecule has 1 aromatic heterocycles. The molecular weight excluding hydrogens is 358 g/mol. The van der Waals surface area contributed by atoms with Crippen LogP contribution in [-0.2, 0) is 6.54 Å². The third-order valence-corrected chi connectivity index (χ3v) is 5.06. The van der Waals surface area contributed by atoms with Crippen molar-refractivity contribution in [3.8, 4) is 17.3 Å². The largest absolute Gasteiger partial charge is 0.359 e. The summed E-state index contributed by atoms with van der Waals surface area (Å²) in [6, 6.07) is 28.2. The lowest BCUT2D eigenvalue weighted by Gasteiger charge is -2.25. The zero-order chi connectivity index (χ0) is 19.6. The van der Waals surface area contributed by atoms with E-state index in [0.29, 0.717) is 12.1 Å². The fourth-order valence-corrected chi connectivity index (χ4v) is 3.66. The summed E-state index contributed by atoms with van der Waals surface area (Å²) in [7, 11) is 0. The van der Waals surface area contributed by atoms with E-state index in [1.54, 1.807) is 6.07 Å². The minimum Gasteiger partial charge on any atom is -0.359 e. The van der Waals surface area contributed by atoms with Gasteiger partial charge in [0.25, 0.3) is 0 Å². The van der Waals surface area contributed by atoms with E-state index in [4.69, 9.17) is 9.78 Å². The maximum Gasteiger partial charge on any atom is 0.157 e. The number of para-hydroxylation sites is 2. The molecule has 0 bridgehead atoms. The maximum absolute atomic E-state index is 9.14. The van der Waals surface area contributed by atoms with Crippen molar-refractivity contribution in [1.29, 1.82) is 5.26 Å². The number of anilines is 2. The Bertz CT molecular complexity index is 1210. The molecule has 0 unspecified atom stereocenters. The molecule has 0 aliphatic carbocycles. The van der Waals surface area contributed by atoms with Crippen molar-refractivity contribution >= 4 is 23.5 Å². The van der Waals surface area contributed by atoms with Gasteiger partial charge in [0, 0.05) is 23.0 Å². The Morgan fingerprint density at radius 1 is 0.828 bits per heavy atom. The minimum atomic E-state index is 0.556. The van der Waals surface area contributed by atoms with Gasteiger partial charge < -0.3 is 9.42 Å². The predicted octanol–water partition coefficient (Wildman–Crippen LogP) is 6.04. The van der Waals surface area contributed by atoms with Crippen LogP contribution < -0.4 is 4.90 Å². The fraction of sp³-hybridized carbons (Fsp3) is 0.0400. The Kier molecular flexibility index (Phi) is 4.19. The van der Waals surface area contributed by atoms with E-state index in [2.05, 4.69) is 52.5 Å². The molecule has 0 saturated heterocycles. The summed E-state index contributed by atoms with van der Waals surface area (Å²) in [6.07, 6.45) is 4.29. The van der Waals surface area contributed by atoms with Crippen LogP contribution in [0, 0.1) is 11.3 Å². The summed E-state index contributed by atoms with van der Waals surface area (Å²) in [4.78, 5) is 2.25. The second-order valence-corrected chi connectivity index (χ2v) is 6.91. The van der Waals surface area contributed by atoms with Crippen molar-refractivity contribution in [2.24, 2.45) is 0 Å². The molecule has 4 aromatic rings. The smallest absolute Gasteiger partial charge is 0.157 e. The lowest BCUT2D eigenvalue weighted by Crippen LogP contribution is -2.17. The first kappa shape index (κ1) is 17.0. The number of fused-ring (bicyclic) bond motifs is 2. The highest BCUT2D eigenvalue weighted by Crippen LogP contribution is 2.37. The van der Waals surface area contributed by atoms with E-state index in [9.17, 15) is 0 Å². The minimum absolute atomic E-state index is 0.556. The van der Waals surface area contributed by atoms with Gasteiger partial charge in [-0.25, -0.2) is 0 Å². The van der Waals surface area contributed by atoms with Gasteiger partial charge in [-0.3, -0.25) is 0 Å². The Morgan fingerprint density at radius 3 is 2.21 bits per heavy atom. The first-order chi connectivity index (χ1) is 14.3. The monoisotopic (exact) mass is 375 g/mol. The van der Waals surface area contributed by atoms with E-state index in [0.717, 1.165) is 39.5 Å². The van der Waals surface area contributed by atoms with Crippen LogP contribution in [0.1, 0.15) is 22.5 Å². The number of rotatable bonds is 3. The first-order valence-corrected chi connectivity index (χ1v) is 9.42. The Hall–Kier alpha value is -4.10. The van der Waals surface area contributed by atoms with Gasteiger partial charge in [-0.05, 0) is 35.4 Å².